The number of furan rings is 1. The highest BCUT2D eigenvalue weighted by Crippen LogP contribution is 2.12. The Hall–Kier alpha value is -2.04. The van der Waals surface area contributed by atoms with Crippen LogP contribution < -0.4 is 0 Å². The van der Waals surface area contributed by atoms with Crippen LogP contribution in [0, 0.1) is 0 Å². The van der Waals surface area contributed by atoms with Crippen LogP contribution in [-0.2, 0) is 14.3 Å². The van der Waals surface area contributed by atoms with E-state index in [1.165, 1.54) is 12.3 Å². The predicted octanol–water partition coefficient (Wildman–Crippen LogP) is 1.70. The van der Waals surface area contributed by atoms with Gasteiger partial charge in [-0.25, -0.2) is 4.79 Å². The van der Waals surface area contributed by atoms with E-state index >= 15 is 0 Å². The van der Waals surface area contributed by atoms with Crippen molar-refractivity contribution in [2.45, 2.75) is 13.3 Å². The van der Waals surface area contributed by atoms with Crippen molar-refractivity contribution in [2.24, 2.45) is 0 Å². The SMILES string of the molecule is CCOC(=O)C(=Cc1ccco1)CC(=O)O. The van der Waals surface area contributed by atoms with Crippen LogP contribution in [0.25, 0.3) is 6.08 Å². The fraction of sp³-hybridized carbons (Fsp3) is 0.273. The zero-order chi connectivity index (χ0) is 12.0. The number of ether oxygens (including phenoxy) is 1. The van der Waals surface area contributed by atoms with Crippen molar-refractivity contribution >= 4 is 18.0 Å². The summed E-state index contributed by atoms with van der Waals surface area (Å²) < 4.78 is 9.74. The summed E-state index contributed by atoms with van der Waals surface area (Å²) in [6.07, 6.45) is 2.42. The summed E-state index contributed by atoms with van der Waals surface area (Å²) in [5, 5.41) is 8.65. The number of aliphatic carboxylic acids is 1. The molecule has 0 unspecified atom stereocenters. The van der Waals surface area contributed by atoms with Crippen molar-refractivity contribution in [1.29, 1.82) is 0 Å². The molecule has 0 aliphatic carbocycles. The Morgan fingerprint density at radius 3 is 2.81 bits per heavy atom. The molecule has 0 aliphatic heterocycles. The van der Waals surface area contributed by atoms with Gasteiger partial charge in [0.15, 0.2) is 0 Å². The van der Waals surface area contributed by atoms with Crippen LogP contribution in [0.3, 0.4) is 0 Å². The number of carbonyl (C=O) groups excluding carboxylic acids is 1. The molecule has 86 valence electrons. The zero-order valence-corrected chi connectivity index (χ0v) is 8.80. The quantitative estimate of drug-likeness (QED) is 0.608. The topological polar surface area (TPSA) is 76.7 Å². The van der Waals surface area contributed by atoms with Gasteiger partial charge in [-0.3, -0.25) is 4.79 Å². The second-order valence-corrected chi connectivity index (χ2v) is 2.98. The molecular weight excluding hydrogens is 212 g/mol. The van der Waals surface area contributed by atoms with Crippen LogP contribution in [-0.4, -0.2) is 23.7 Å². The fourth-order valence-corrected chi connectivity index (χ4v) is 1.11. The van der Waals surface area contributed by atoms with Crippen LogP contribution in [0.4, 0.5) is 0 Å². The van der Waals surface area contributed by atoms with Crippen molar-refractivity contribution in [1.82, 2.24) is 0 Å². The Bertz CT molecular complexity index is 389. The van der Waals surface area contributed by atoms with Crippen LogP contribution in [0.1, 0.15) is 19.1 Å². The second kappa shape index (κ2) is 5.75. The number of hydrogen-bond donors (Lipinski definition) is 1. The monoisotopic (exact) mass is 224 g/mol. The minimum Gasteiger partial charge on any atom is -0.481 e. The number of carboxylic acids is 1. The maximum atomic E-state index is 11.4. The van der Waals surface area contributed by atoms with Gasteiger partial charge in [0.1, 0.15) is 5.76 Å². The second-order valence-electron chi connectivity index (χ2n) is 2.98. The van der Waals surface area contributed by atoms with E-state index in [1.54, 1.807) is 19.1 Å². The Morgan fingerprint density at radius 2 is 2.31 bits per heavy atom. The minimum absolute atomic E-state index is 0.0595. The molecule has 1 rings (SSSR count). The highest BCUT2D eigenvalue weighted by Gasteiger charge is 2.14. The number of carboxylic acid groups (broad SMARTS) is 1. The zero-order valence-electron chi connectivity index (χ0n) is 8.80. The summed E-state index contributed by atoms with van der Waals surface area (Å²) >= 11 is 0. The maximum Gasteiger partial charge on any atom is 0.334 e. The fourth-order valence-electron chi connectivity index (χ4n) is 1.11. The molecule has 1 heterocycles. The molecule has 0 aliphatic rings. The predicted molar refractivity (Wildman–Crippen MR) is 55.6 cm³/mol. The molecule has 0 saturated heterocycles. The molecule has 5 nitrogen and oxygen atoms in total. The van der Waals surface area contributed by atoms with Gasteiger partial charge in [-0.05, 0) is 25.1 Å². The number of hydrogen-bond acceptors (Lipinski definition) is 4. The Balaban J connectivity index is 2.86. The van der Waals surface area contributed by atoms with Crippen molar-refractivity contribution < 1.29 is 23.8 Å². The number of carbonyl (C=O) groups is 2. The first-order valence-corrected chi connectivity index (χ1v) is 4.76. The van der Waals surface area contributed by atoms with Crippen molar-refractivity contribution in [3.63, 3.8) is 0 Å². The molecule has 0 atom stereocenters. The third-order valence-corrected chi connectivity index (χ3v) is 1.74. The lowest BCUT2D eigenvalue weighted by molar-refractivity contribution is -0.142. The van der Waals surface area contributed by atoms with E-state index in [0.717, 1.165) is 0 Å². The average Bonchev–Trinajstić information content (AvgIpc) is 2.69. The summed E-state index contributed by atoms with van der Waals surface area (Å²) in [4.78, 5) is 22.0. The van der Waals surface area contributed by atoms with Crippen molar-refractivity contribution in [3.05, 3.63) is 29.7 Å². The van der Waals surface area contributed by atoms with Crippen molar-refractivity contribution in [2.75, 3.05) is 6.61 Å². The Kier molecular flexibility index (Phi) is 4.32. The van der Waals surface area contributed by atoms with Gasteiger partial charge in [-0.1, -0.05) is 0 Å². The summed E-state index contributed by atoms with van der Waals surface area (Å²) in [5.41, 5.74) is 0.0595. The van der Waals surface area contributed by atoms with E-state index in [4.69, 9.17) is 14.3 Å². The van der Waals surface area contributed by atoms with Gasteiger partial charge in [0.2, 0.25) is 0 Å². The Morgan fingerprint density at radius 1 is 1.56 bits per heavy atom. The van der Waals surface area contributed by atoms with Crippen LogP contribution in [0.5, 0.6) is 0 Å². The standard InChI is InChI=1S/C11H12O5/c1-2-15-11(14)8(7-10(12)13)6-9-4-3-5-16-9/h3-6H,2,7H2,1H3,(H,12,13). The third-order valence-electron chi connectivity index (χ3n) is 1.74. The molecule has 0 amide bonds. The van der Waals surface area contributed by atoms with Gasteiger partial charge in [0.05, 0.1) is 24.9 Å². The first-order valence-electron chi connectivity index (χ1n) is 4.76. The molecule has 1 aromatic rings. The summed E-state index contributed by atoms with van der Waals surface area (Å²) in [6.45, 7) is 1.86. The summed E-state index contributed by atoms with van der Waals surface area (Å²) in [6, 6.07) is 3.27. The highest BCUT2D eigenvalue weighted by atomic mass is 16.5. The van der Waals surface area contributed by atoms with Crippen LogP contribution in [0.2, 0.25) is 0 Å². The van der Waals surface area contributed by atoms with Gasteiger partial charge in [-0.15, -0.1) is 0 Å². The molecule has 0 radical (unpaired) electrons. The molecule has 16 heavy (non-hydrogen) atoms. The summed E-state index contributed by atoms with van der Waals surface area (Å²) in [5.74, 6) is -1.31. The number of esters is 1. The lowest BCUT2D eigenvalue weighted by Gasteiger charge is -2.03. The van der Waals surface area contributed by atoms with E-state index in [9.17, 15) is 9.59 Å². The Labute approximate surface area is 92.3 Å². The van der Waals surface area contributed by atoms with E-state index in [-0.39, 0.29) is 18.6 Å². The largest absolute Gasteiger partial charge is 0.481 e. The summed E-state index contributed by atoms with van der Waals surface area (Å²) in [7, 11) is 0. The molecule has 0 spiro atoms. The van der Waals surface area contributed by atoms with Crippen LogP contribution >= 0.6 is 0 Å². The molecule has 1 N–H and O–H groups in total. The van der Waals surface area contributed by atoms with Crippen LogP contribution in [0.15, 0.2) is 28.4 Å². The van der Waals surface area contributed by atoms with Crippen molar-refractivity contribution in [3.8, 4) is 0 Å². The van der Waals surface area contributed by atoms with Gasteiger partial charge < -0.3 is 14.3 Å². The normalized spacial score (nSPS) is 11.2. The third kappa shape index (κ3) is 3.61. The minimum atomic E-state index is -1.09. The molecule has 0 saturated carbocycles. The molecule has 0 fully saturated rings. The lowest BCUT2D eigenvalue weighted by atomic mass is 10.1. The van der Waals surface area contributed by atoms with Gasteiger partial charge in [0, 0.05) is 0 Å². The van der Waals surface area contributed by atoms with E-state index < -0.39 is 11.9 Å². The number of rotatable bonds is 5. The van der Waals surface area contributed by atoms with E-state index in [1.807, 2.05) is 0 Å². The molecule has 0 bridgehead atoms. The van der Waals surface area contributed by atoms with E-state index in [0.29, 0.717) is 5.76 Å². The molecular formula is C11H12O5. The maximum absolute atomic E-state index is 11.4. The van der Waals surface area contributed by atoms with Gasteiger partial charge in [-0.2, -0.15) is 0 Å². The smallest absolute Gasteiger partial charge is 0.334 e. The highest BCUT2D eigenvalue weighted by molar-refractivity contribution is 5.97. The molecule has 5 heteroatoms. The van der Waals surface area contributed by atoms with Gasteiger partial charge >= 0.3 is 11.9 Å². The first-order chi connectivity index (χ1) is 7.63. The lowest BCUT2D eigenvalue weighted by Crippen LogP contribution is -2.11. The van der Waals surface area contributed by atoms with Gasteiger partial charge in [0.25, 0.3) is 0 Å². The first kappa shape index (κ1) is 12.0. The molecule has 0 aromatic carbocycles. The molecule has 1 aromatic heterocycles. The average molecular weight is 224 g/mol. The van der Waals surface area contributed by atoms with E-state index in [2.05, 4.69) is 0 Å².